The molecule has 1 heterocycles. The van der Waals surface area contributed by atoms with E-state index in [-0.39, 0.29) is 32.7 Å². The molecule has 0 saturated carbocycles. The van der Waals surface area contributed by atoms with Gasteiger partial charge in [-0.1, -0.05) is 35.3 Å². The zero-order chi connectivity index (χ0) is 18.8. The molecule has 134 valence electrons. The lowest BCUT2D eigenvalue weighted by Gasteiger charge is -2.14. The zero-order valence-electron chi connectivity index (χ0n) is 13.9. The second kappa shape index (κ2) is 7.35. The zero-order valence-corrected chi connectivity index (χ0v) is 15.4. The highest BCUT2D eigenvalue weighted by Crippen LogP contribution is 2.34. The van der Waals surface area contributed by atoms with Crippen molar-refractivity contribution >= 4 is 40.1 Å². The maximum absolute atomic E-state index is 12.4. The number of benzene rings is 2. The number of ether oxygens (including phenoxy) is 2. The predicted octanol–water partition coefficient (Wildman–Crippen LogP) is 4.16. The number of nitrogens with one attached hydrogen (secondary N) is 1. The van der Waals surface area contributed by atoms with Crippen molar-refractivity contribution in [2.75, 3.05) is 7.11 Å². The van der Waals surface area contributed by atoms with E-state index in [2.05, 4.69) is 9.97 Å². The molecule has 0 saturated heterocycles. The molecule has 0 unspecified atom stereocenters. The van der Waals surface area contributed by atoms with Crippen molar-refractivity contribution in [3.8, 4) is 5.75 Å². The molecule has 0 amide bonds. The number of fused-ring (bicyclic) bond motifs is 1. The minimum Gasteiger partial charge on any atom is -0.494 e. The molecule has 0 spiro atoms. The van der Waals surface area contributed by atoms with Gasteiger partial charge in [0, 0.05) is 0 Å². The number of para-hydroxylation sites is 1. The molecule has 3 rings (SSSR count). The van der Waals surface area contributed by atoms with Gasteiger partial charge in [-0.25, -0.2) is 9.78 Å². The van der Waals surface area contributed by atoms with Crippen LogP contribution in [-0.2, 0) is 4.74 Å². The molecule has 0 fully saturated rings. The van der Waals surface area contributed by atoms with E-state index in [1.54, 1.807) is 31.2 Å². The van der Waals surface area contributed by atoms with Crippen LogP contribution in [0.2, 0.25) is 10.0 Å². The van der Waals surface area contributed by atoms with Gasteiger partial charge in [0.15, 0.2) is 17.7 Å². The van der Waals surface area contributed by atoms with Crippen molar-refractivity contribution in [1.29, 1.82) is 0 Å². The number of esters is 1. The van der Waals surface area contributed by atoms with Gasteiger partial charge in [0.1, 0.15) is 0 Å². The number of nitrogens with zero attached hydrogens (tertiary/aromatic N) is 1. The number of aromatic amines is 1. The first-order valence-corrected chi connectivity index (χ1v) is 8.39. The average molecular weight is 393 g/mol. The highest BCUT2D eigenvalue weighted by molar-refractivity contribution is 6.37. The summed E-state index contributed by atoms with van der Waals surface area (Å²) >= 11 is 12.1. The molecule has 0 aliphatic rings. The largest absolute Gasteiger partial charge is 0.494 e. The fraction of sp³-hybridized carbons (Fsp3) is 0.167. The number of carbonyl (C=O) groups is 1. The van der Waals surface area contributed by atoms with E-state index in [1.807, 2.05) is 0 Å². The minimum atomic E-state index is -0.778. The molecule has 1 atom stereocenters. The first-order valence-electron chi connectivity index (χ1n) is 7.63. The summed E-state index contributed by atoms with van der Waals surface area (Å²) in [7, 11) is 1.43. The summed E-state index contributed by atoms with van der Waals surface area (Å²) in [4.78, 5) is 31.5. The SMILES string of the molecule is COc1c(Cl)cc(C(=O)O[C@@H](C)c2nc3ccccc3c(=O)[nH]2)cc1Cl. The van der Waals surface area contributed by atoms with Gasteiger partial charge in [-0.3, -0.25) is 4.79 Å². The van der Waals surface area contributed by atoms with E-state index in [0.29, 0.717) is 10.9 Å². The summed E-state index contributed by atoms with van der Waals surface area (Å²) < 4.78 is 10.4. The fourth-order valence-corrected chi connectivity index (χ4v) is 3.10. The van der Waals surface area contributed by atoms with Crippen LogP contribution in [0.5, 0.6) is 5.75 Å². The van der Waals surface area contributed by atoms with Crippen molar-refractivity contribution in [2.45, 2.75) is 13.0 Å². The van der Waals surface area contributed by atoms with Crippen LogP contribution in [0.15, 0.2) is 41.2 Å². The van der Waals surface area contributed by atoms with Crippen molar-refractivity contribution in [3.05, 3.63) is 68.2 Å². The van der Waals surface area contributed by atoms with Crippen LogP contribution in [0.25, 0.3) is 10.9 Å². The Kier molecular flexibility index (Phi) is 5.15. The lowest BCUT2D eigenvalue weighted by Crippen LogP contribution is -2.17. The van der Waals surface area contributed by atoms with Gasteiger partial charge in [-0.15, -0.1) is 0 Å². The van der Waals surface area contributed by atoms with Gasteiger partial charge in [0.05, 0.1) is 33.6 Å². The molecule has 3 aromatic rings. The van der Waals surface area contributed by atoms with Gasteiger partial charge in [-0.2, -0.15) is 0 Å². The third-order valence-electron chi connectivity index (χ3n) is 3.74. The Morgan fingerprint density at radius 3 is 2.50 bits per heavy atom. The van der Waals surface area contributed by atoms with E-state index in [4.69, 9.17) is 32.7 Å². The fourth-order valence-electron chi connectivity index (χ4n) is 2.45. The molecule has 0 aliphatic heterocycles. The monoisotopic (exact) mass is 392 g/mol. The normalized spacial score (nSPS) is 12.0. The van der Waals surface area contributed by atoms with Crippen LogP contribution in [0.4, 0.5) is 0 Å². The number of rotatable bonds is 4. The standard InChI is InChI=1S/C18H14Cl2N2O4/c1-9(16-21-14-6-4-3-5-11(14)17(23)22-16)26-18(24)10-7-12(19)15(25-2)13(20)8-10/h3-9H,1-2H3,(H,21,22,23)/t9-/m0/s1. The molecule has 8 heteroatoms. The molecule has 26 heavy (non-hydrogen) atoms. The van der Waals surface area contributed by atoms with Crippen molar-refractivity contribution in [1.82, 2.24) is 9.97 Å². The van der Waals surface area contributed by atoms with E-state index >= 15 is 0 Å². The van der Waals surface area contributed by atoms with E-state index in [0.717, 1.165) is 0 Å². The van der Waals surface area contributed by atoms with Gasteiger partial charge >= 0.3 is 5.97 Å². The lowest BCUT2D eigenvalue weighted by atomic mass is 10.2. The summed E-state index contributed by atoms with van der Waals surface area (Å²) in [5.74, 6) is -0.133. The predicted molar refractivity (Wildman–Crippen MR) is 99.2 cm³/mol. The van der Waals surface area contributed by atoms with E-state index in [1.165, 1.54) is 19.2 Å². The molecular formula is C18H14Cl2N2O4. The number of hydrogen-bond acceptors (Lipinski definition) is 5. The van der Waals surface area contributed by atoms with E-state index in [9.17, 15) is 9.59 Å². The van der Waals surface area contributed by atoms with Crippen LogP contribution in [0.3, 0.4) is 0 Å². The Labute approximate surface area is 158 Å². The Bertz CT molecular complexity index is 1030. The van der Waals surface area contributed by atoms with Crippen LogP contribution < -0.4 is 10.3 Å². The highest BCUT2D eigenvalue weighted by atomic mass is 35.5. The van der Waals surface area contributed by atoms with Crippen molar-refractivity contribution < 1.29 is 14.3 Å². The highest BCUT2D eigenvalue weighted by Gasteiger charge is 2.19. The van der Waals surface area contributed by atoms with Crippen LogP contribution in [0.1, 0.15) is 29.2 Å². The molecule has 2 aromatic carbocycles. The number of halogens is 2. The maximum atomic E-state index is 12.4. The van der Waals surface area contributed by atoms with Gasteiger partial charge in [0.2, 0.25) is 0 Å². The Hall–Kier alpha value is -2.57. The number of aromatic nitrogens is 2. The summed E-state index contributed by atoms with van der Waals surface area (Å²) in [6, 6.07) is 9.71. The summed E-state index contributed by atoms with van der Waals surface area (Å²) in [5.41, 5.74) is 0.379. The number of H-pyrrole nitrogens is 1. The summed E-state index contributed by atoms with van der Waals surface area (Å²) in [5, 5.41) is 0.845. The topological polar surface area (TPSA) is 81.3 Å². The maximum Gasteiger partial charge on any atom is 0.338 e. The summed E-state index contributed by atoms with van der Waals surface area (Å²) in [6.45, 7) is 1.61. The number of methoxy groups -OCH3 is 1. The minimum absolute atomic E-state index is 0.163. The smallest absolute Gasteiger partial charge is 0.338 e. The molecule has 0 aliphatic carbocycles. The molecular weight excluding hydrogens is 379 g/mol. The Balaban J connectivity index is 1.87. The first kappa shape index (κ1) is 18.2. The molecule has 0 bridgehead atoms. The van der Waals surface area contributed by atoms with Gasteiger partial charge in [-0.05, 0) is 31.2 Å². The van der Waals surface area contributed by atoms with E-state index < -0.39 is 12.1 Å². The Morgan fingerprint density at radius 1 is 1.19 bits per heavy atom. The second-order valence-electron chi connectivity index (χ2n) is 5.49. The van der Waals surface area contributed by atoms with Crippen LogP contribution in [-0.4, -0.2) is 23.0 Å². The third-order valence-corrected chi connectivity index (χ3v) is 4.30. The molecule has 6 nitrogen and oxygen atoms in total. The van der Waals surface area contributed by atoms with Crippen LogP contribution in [0, 0.1) is 0 Å². The van der Waals surface area contributed by atoms with Gasteiger partial charge < -0.3 is 14.5 Å². The van der Waals surface area contributed by atoms with Crippen molar-refractivity contribution in [2.24, 2.45) is 0 Å². The average Bonchev–Trinajstić information content (AvgIpc) is 2.61. The first-order chi connectivity index (χ1) is 12.4. The molecule has 0 radical (unpaired) electrons. The summed E-state index contributed by atoms with van der Waals surface area (Å²) in [6.07, 6.45) is -0.778. The Morgan fingerprint density at radius 2 is 1.85 bits per heavy atom. The number of hydrogen-bond donors (Lipinski definition) is 1. The van der Waals surface area contributed by atoms with Gasteiger partial charge in [0.25, 0.3) is 5.56 Å². The van der Waals surface area contributed by atoms with Crippen molar-refractivity contribution in [3.63, 3.8) is 0 Å². The quantitative estimate of drug-likeness (QED) is 0.674. The third kappa shape index (κ3) is 3.52. The second-order valence-corrected chi connectivity index (χ2v) is 6.30. The lowest BCUT2D eigenvalue weighted by molar-refractivity contribution is 0.0320. The molecule has 1 aromatic heterocycles. The molecule has 1 N–H and O–H groups in total. The number of carbonyl (C=O) groups excluding carboxylic acids is 1. The van der Waals surface area contributed by atoms with Crippen LogP contribution >= 0.6 is 23.2 Å².